The summed E-state index contributed by atoms with van der Waals surface area (Å²) in [6.45, 7) is 7.99. The quantitative estimate of drug-likeness (QED) is 0.744. The minimum atomic E-state index is -3.48. The Labute approximate surface area is 179 Å². The molecule has 2 saturated heterocycles. The van der Waals surface area contributed by atoms with Gasteiger partial charge in [0, 0.05) is 39.3 Å². The molecule has 1 aromatic carbocycles. The van der Waals surface area contributed by atoms with Crippen LogP contribution in [0.2, 0.25) is 0 Å². The molecule has 0 atom stereocenters. The first-order valence-electron chi connectivity index (χ1n) is 10.9. The Balaban J connectivity index is 1.41. The molecule has 0 amide bonds. The van der Waals surface area contributed by atoms with E-state index in [-0.39, 0.29) is 0 Å². The van der Waals surface area contributed by atoms with Gasteiger partial charge in [-0.1, -0.05) is 25.0 Å². The van der Waals surface area contributed by atoms with Gasteiger partial charge in [0.1, 0.15) is 0 Å². The smallest absolute Gasteiger partial charge is 0.243 e. The van der Waals surface area contributed by atoms with E-state index < -0.39 is 10.0 Å². The van der Waals surface area contributed by atoms with E-state index in [0.29, 0.717) is 31.1 Å². The summed E-state index contributed by atoms with van der Waals surface area (Å²) in [6.07, 6.45) is 5.00. The van der Waals surface area contributed by atoms with Gasteiger partial charge in [0.05, 0.1) is 4.90 Å². The van der Waals surface area contributed by atoms with Crippen LogP contribution in [-0.4, -0.2) is 62.2 Å². The Kier molecular flexibility index (Phi) is 6.24. The molecule has 2 fully saturated rings. The van der Waals surface area contributed by atoms with Crippen LogP contribution >= 0.6 is 0 Å². The van der Waals surface area contributed by atoms with Crippen molar-refractivity contribution in [2.24, 2.45) is 0 Å². The third-order valence-electron chi connectivity index (χ3n) is 6.09. The van der Waals surface area contributed by atoms with Crippen LogP contribution in [0, 0.1) is 13.8 Å². The summed E-state index contributed by atoms with van der Waals surface area (Å²) in [5, 5.41) is 8.90. The first-order chi connectivity index (χ1) is 14.4. The minimum Gasteiger partial charge on any atom is -0.355 e. The van der Waals surface area contributed by atoms with Gasteiger partial charge in [-0.3, -0.25) is 0 Å². The van der Waals surface area contributed by atoms with Crippen LogP contribution in [0.15, 0.2) is 35.2 Å². The fraction of sp³-hybridized carbons (Fsp3) is 0.545. The molecule has 0 N–H and O–H groups in total. The minimum absolute atomic E-state index is 0.414. The average Bonchev–Trinajstić information content (AvgIpc) is 3.05. The Morgan fingerprint density at radius 3 is 1.87 bits per heavy atom. The lowest BCUT2D eigenvalue weighted by atomic mass is 10.2. The zero-order valence-electron chi connectivity index (χ0n) is 17.9. The summed E-state index contributed by atoms with van der Waals surface area (Å²) in [5.74, 6) is 1.76. The highest BCUT2D eigenvalue weighted by molar-refractivity contribution is 7.89. The number of benzene rings is 1. The molecule has 2 aliphatic heterocycles. The molecule has 0 unspecified atom stereocenters. The van der Waals surface area contributed by atoms with E-state index in [1.165, 1.54) is 25.7 Å². The Morgan fingerprint density at radius 1 is 0.733 bits per heavy atom. The number of sulfonamides is 1. The molecular formula is C22H31N5O2S. The molecule has 8 heteroatoms. The van der Waals surface area contributed by atoms with E-state index in [2.05, 4.69) is 20.0 Å². The second kappa shape index (κ2) is 8.89. The van der Waals surface area contributed by atoms with Crippen LogP contribution in [0.25, 0.3) is 0 Å². The van der Waals surface area contributed by atoms with Crippen molar-refractivity contribution in [2.75, 3.05) is 49.1 Å². The highest BCUT2D eigenvalue weighted by Gasteiger charge is 2.30. The molecule has 4 rings (SSSR count). The van der Waals surface area contributed by atoms with E-state index in [1.54, 1.807) is 10.4 Å². The summed E-state index contributed by atoms with van der Waals surface area (Å²) in [4.78, 5) is 4.85. The van der Waals surface area contributed by atoms with Gasteiger partial charge in [-0.05, 0) is 56.0 Å². The maximum absolute atomic E-state index is 13.1. The van der Waals surface area contributed by atoms with Gasteiger partial charge >= 0.3 is 0 Å². The van der Waals surface area contributed by atoms with Crippen molar-refractivity contribution in [1.82, 2.24) is 14.5 Å². The monoisotopic (exact) mass is 429 g/mol. The third kappa shape index (κ3) is 4.44. The molecule has 7 nitrogen and oxygen atoms in total. The first-order valence-corrected chi connectivity index (χ1v) is 12.3. The maximum atomic E-state index is 13.1. The van der Waals surface area contributed by atoms with Crippen molar-refractivity contribution < 1.29 is 8.42 Å². The number of rotatable bonds is 4. The summed E-state index contributed by atoms with van der Waals surface area (Å²) < 4.78 is 27.8. The second-order valence-electron chi connectivity index (χ2n) is 8.31. The van der Waals surface area contributed by atoms with Gasteiger partial charge < -0.3 is 9.80 Å². The Hall–Kier alpha value is -2.19. The topological polar surface area (TPSA) is 69.6 Å². The van der Waals surface area contributed by atoms with Crippen molar-refractivity contribution in [3.05, 3.63) is 41.5 Å². The largest absolute Gasteiger partial charge is 0.355 e. The number of piperazine rings is 1. The SMILES string of the molecule is Cc1ccc(C)c(S(=O)(=O)N2CCN(c3ccc(N4CCCCCC4)nn3)CC2)c1. The number of nitrogens with zero attached hydrogens (tertiary/aromatic N) is 5. The van der Waals surface area contributed by atoms with E-state index in [0.717, 1.165) is 35.9 Å². The lowest BCUT2D eigenvalue weighted by molar-refractivity contribution is 0.383. The van der Waals surface area contributed by atoms with Crippen LogP contribution in [0.5, 0.6) is 0 Å². The van der Waals surface area contributed by atoms with Crippen molar-refractivity contribution >= 4 is 21.7 Å². The van der Waals surface area contributed by atoms with Gasteiger partial charge in [-0.15, -0.1) is 10.2 Å². The number of aryl methyl sites for hydroxylation is 2. The summed E-state index contributed by atoms with van der Waals surface area (Å²) in [5.41, 5.74) is 1.75. The van der Waals surface area contributed by atoms with Crippen LogP contribution < -0.4 is 9.80 Å². The maximum Gasteiger partial charge on any atom is 0.243 e. The molecule has 0 spiro atoms. The predicted molar refractivity (Wildman–Crippen MR) is 120 cm³/mol. The molecule has 0 bridgehead atoms. The van der Waals surface area contributed by atoms with E-state index in [4.69, 9.17) is 0 Å². The van der Waals surface area contributed by atoms with Crippen molar-refractivity contribution in [1.29, 1.82) is 0 Å². The number of hydrogen-bond donors (Lipinski definition) is 0. The summed E-state index contributed by atoms with van der Waals surface area (Å²) in [7, 11) is -3.48. The summed E-state index contributed by atoms with van der Waals surface area (Å²) >= 11 is 0. The first kappa shape index (κ1) is 21.1. The van der Waals surface area contributed by atoms with Crippen LogP contribution in [-0.2, 0) is 10.0 Å². The zero-order chi connectivity index (χ0) is 21.1. The van der Waals surface area contributed by atoms with E-state index in [1.807, 2.05) is 38.1 Å². The van der Waals surface area contributed by atoms with Gasteiger partial charge in [-0.2, -0.15) is 4.31 Å². The lowest BCUT2D eigenvalue weighted by Crippen LogP contribution is -2.49. The fourth-order valence-corrected chi connectivity index (χ4v) is 5.97. The highest BCUT2D eigenvalue weighted by Crippen LogP contribution is 2.24. The molecule has 2 aliphatic rings. The van der Waals surface area contributed by atoms with E-state index in [9.17, 15) is 8.42 Å². The van der Waals surface area contributed by atoms with Crippen LogP contribution in [0.4, 0.5) is 11.6 Å². The number of aromatic nitrogens is 2. The third-order valence-corrected chi connectivity index (χ3v) is 8.13. The van der Waals surface area contributed by atoms with Gasteiger partial charge in [0.25, 0.3) is 0 Å². The van der Waals surface area contributed by atoms with Gasteiger partial charge in [-0.25, -0.2) is 8.42 Å². The lowest BCUT2D eigenvalue weighted by Gasteiger charge is -2.34. The average molecular weight is 430 g/mol. The molecule has 162 valence electrons. The molecule has 1 aromatic heterocycles. The molecule has 30 heavy (non-hydrogen) atoms. The predicted octanol–water partition coefficient (Wildman–Crippen LogP) is 2.98. The van der Waals surface area contributed by atoms with Gasteiger partial charge in [0.15, 0.2) is 11.6 Å². The molecule has 2 aromatic rings. The zero-order valence-corrected chi connectivity index (χ0v) is 18.7. The van der Waals surface area contributed by atoms with Crippen molar-refractivity contribution in [3.63, 3.8) is 0 Å². The summed E-state index contributed by atoms with van der Waals surface area (Å²) in [6, 6.07) is 9.65. The molecule has 0 radical (unpaired) electrons. The highest BCUT2D eigenvalue weighted by atomic mass is 32.2. The standard InChI is InChI=1S/C22H31N5O2S/c1-18-7-8-19(2)20(17-18)30(28,29)27-15-13-26(14-16-27)22-10-9-21(23-24-22)25-11-5-3-4-6-12-25/h7-10,17H,3-6,11-16H2,1-2H3. The molecule has 3 heterocycles. The second-order valence-corrected chi connectivity index (χ2v) is 10.2. The van der Waals surface area contributed by atoms with Crippen LogP contribution in [0.1, 0.15) is 36.8 Å². The molecule has 0 saturated carbocycles. The van der Waals surface area contributed by atoms with Gasteiger partial charge in [0.2, 0.25) is 10.0 Å². The van der Waals surface area contributed by atoms with Crippen molar-refractivity contribution in [2.45, 2.75) is 44.4 Å². The van der Waals surface area contributed by atoms with E-state index >= 15 is 0 Å². The fourth-order valence-electron chi connectivity index (χ4n) is 4.24. The number of hydrogen-bond acceptors (Lipinski definition) is 6. The normalized spacial score (nSPS) is 19.0. The van der Waals surface area contributed by atoms with Crippen molar-refractivity contribution in [3.8, 4) is 0 Å². The van der Waals surface area contributed by atoms with Crippen LogP contribution in [0.3, 0.4) is 0 Å². The number of anilines is 2. The molecule has 0 aliphatic carbocycles. The Morgan fingerprint density at radius 2 is 1.30 bits per heavy atom. The molecular weight excluding hydrogens is 398 g/mol. The Bertz CT molecular complexity index is 962.